The molecule has 0 fully saturated rings. The second-order valence-corrected chi connectivity index (χ2v) is 5.14. The second kappa shape index (κ2) is 7.28. The van der Waals surface area contributed by atoms with Gasteiger partial charge in [-0.25, -0.2) is 4.79 Å². The van der Waals surface area contributed by atoms with Crippen LogP contribution >= 0.6 is 11.3 Å². The molecule has 1 heterocycles. The number of carbonyl (C=O) groups excluding carboxylic acids is 2. The molecule has 0 saturated carbocycles. The van der Waals surface area contributed by atoms with E-state index in [-0.39, 0.29) is 18.1 Å². The van der Waals surface area contributed by atoms with E-state index in [1.54, 1.807) is 17.5 Å². The summed E-state index contributed by atoms with van der Waals surface area (Å²) in [4.78, 5) is 33.7. The summed E-state index contributed by atoms with van der Waals surface area (Å²) in [6.07, 6.45) is 2.63. The number of ketones is 1. The van der Waals surface area contributed by atoms with Gasteiger partial charge in [0.2, 0.25) is 5.78 Å². The van der Waals surface area contributed by atoms with Gasteiger partial charge in [0, 0.05) is 18.2 Å². The normalized spacial score (nSPS) is 10.5. The van der Waals surface area contributed by atoms with E-state index < -0.39 is 10.9 Å². The monoisotopic (exact) mass is 317 g/mol. The van der Waals surface area contributed by atoms with Gasteiger partial charge < -0.3 is 4.74 Å². The maximum atomic E-state index is 11.6. The maximum Gasteiger partial charge on any atom is 0.331 e. The molecule has 0 saturated heterocycles. The molecule has 0 amide bonds. The van der Waals surface area contributed by atoms with Crippen molar-refractivity contribution in [1.82, 2.24) is 0 Å². The zero-order valence-corrected chi connectivity index (χ0v) is 12.1. The van der Waals surface area contributed by atoms with E-state index >= 15 is 0 Å². The molecule has 0 radical (unpaired) electrons. The number of rotatable bonds is 6. The number of hydrogen-bond donors (Lipinski definition) is 0. The molecule has 0 atom stereocenters. The molecule has 0 aliphatic heterocycles. The second-order valence-electron chi connectivity index (χ2n) is 4.19. The number of ether oxygens (including phenoxy) is 1. The molecule has 7 heteroatoms. The Balaban J connectivity index is 1.86. The zero-order chi connectivity index (χ0) is 15.9. The summed E-state index contributed by atoms with van der Waals surface area (Å²) in [5, 5.41) is 12.3. The quantitative estimate of drug-likeness (QED) is 0.269. The summed E-state index contributed by atoms with van der Waals surface area (Å²) >= 11 is 1.28. The number of carbonyl (C=O) groups is 2. The van der Waals surface area contributed by atoms with E-state index in [0.29, 0.717) is 10.4 Å². The van der Waals surface area contributed by atoms with Gasteiger partial charge in [0.15, 0.2) is 6.61 Å². The van der Waals surface area contributed by atoms with E-state index in [9.17, 15) is 19.7 Å². The fourth-order valence-electron chi connectivity index (χ4n) is 1.56. The fourth-order valence-corrected chi connectivity index (χ4v) is 2.22. The molecule has 112 valence electrons. The van der Waals surface area contributed by atoms with Gasteiger partial charge in [0.1, 0.15) is 0 Å². The Bertz CT molecular complexity index is 704. The number of nitro benzene ring substituents is 1. The minimum atomic E-state index is -0.650. The molecule has 2 rings (SSSR count). The Hall–Kier alpha value is -2.80. The van der Waals surface area contributed by atoms with Crippen LogP contribution in [0, 0.1) is 10.1 Å². The van der Waals surface area contributed by atoms with Crippen LogP contribution in [0.15, 0.2) is 47.9 Å². The van der Waals surface area contributed by atoms with Gasteiger partial charge in [-0.1, -0.05) is 6.07 Å². The maximum absolute atomic E-state index is 11.6. The molecule has 1 aromatic carbocycles. The molecule has 0 bridgehead atoms. The van der Waals surface area contributed by atoms with Crippen molar-refractivity contribution in [3.05, 3.63) is 68.4 Å². The molecule has 0 aliphatic rings. The first-order valence-corrected chi connectivity index (χ1v) is 7.10. The predicted octanol–water partition coefficient (Wildman–Crippen LogP) is 3.10. The van der Waals surface area contributed by atoms with Crippen LogP contribution in [0.4, 0.5) is 5.69 Å². The summed E-state index contributed by atoms with van der Waals surface area (Å²) in [7, 11) is 0. The van der Waals surface area contributed by atoms with Crippen molar-refractivity contribution < 1.29 is 19.2 Å². The van der Waals surface area contributed by atoms with Crippen molar-refractivity contribution in [2.24, 2.45) is 0 Å². The highest BCUT2D eigenvalue weighted by molar-refractivity contribution is 7.12. The van der Waals surface area contributed by atoms with Crippen molar-refractivity contribution in [1.29, 1.82) is 0 Å². The van der Waals surface area contributed by atoms with E-state index in [0.717, 1.165) is 0 Å². The van der Waals surface area contributed by atoms with Crippen molar-refractivity contribution in [2.45, 2.75) is 0 Å². The first kappa shape index (κ1) is 15.6. The fraction of sp³-hybridized carbons (Fsp3) is 0.0667. The molecular weight excluding hydrogens is 306 g/mol. The van der Waals surface area contributed by atoms with Gasteiger partial charge in [-0.05, 0) is 35.2 Å². The molecule has 6 nitrogen and oxygen atoms in total. The zero-order valence-electron chi connectivity index (χ0n) is 11.3. The highest BCUT2D eigenvalue weighted by Crippen LogP contribution is 2.13. The van der Waals surface area contributed by atoms with Gasteiger partial charge in [0.25, 0.3) is 5.69 Å². The van der Waals surface area contributed by atoms with Crippen LogP contribution in [-0.4, -0.2) is 23.3 Å². The Morgan fingerprint density at radius 2 is 1.95 bits per heavy atom. The third-order valence-electron chi connectivity index (χ3n) is 2.66. The van der Waals surface area contributed by atoms with E-state index in [4.69, 9.17) is 4.74 Å². The van der Waals surface area contributed by atoms with Gasteiger partial charge in [0.05, 0.1) is 9.80 Å². The molecule has 0 spiro atoms. The first-order chi connectivity index (χ1) is 10.6. The molecular formula is C15H11NO5S. The van der Waals surface area contributed by atoms with Crippen LogP contribution in [-0.2, 0) is 9.53 Å². The third-order valence-corrected chi connectivity index (χ3v) is 3.57. The third kappa shape index (κ3) is 4.35. The summed E-state index contributed by atoms with van der Waals surface area (Å²) in [5.74, 6) is -0.907. The smallest absolute Gasteiger partial charge is 0.331 e. The van der Waals surface area contributed by atoms with Gasteiger partial charge in [-0.3, -0.25) is 14.9 Å². The minimum absolute atomic E-state index is 0.0266. The van der Waals surface area contributed by atoms with Crippen LogP contribution in [0.2, 0.25) is 0 Å². The largest absolute Gasteiger partial charge is 0.454 e. The number of Topliss-reactive ketones (excluding diaryl/α,β-unsaturated/α-hetero) is 1. The first-order valence-electron chi connectivity index (χ1n) is 6.22. The van der Waals surface area contributed by atoms with Gasteiger partial charge in [-0.2, -0.15) is 0 Å². The van der Waals surface area contributed by atoms with Crippen molar-refractivity contribution >= 4 is 34.9 Å². The lowest BCUT2D eigenvalue weighted by Gasteiger charge is -1.99. The molecule has 22 heavy (non-hydrogen) atoms. The summed E-state index contributed by atoms with van der Waals surface area (Å²) in [6.45, 7) is -0.316. The molecule has 0 aliphatic carbocycles. The number of nitro groups is 1. The topological polar surface area (TPSA) is 86.5 Å². The van der Waals surface area contributed by atoms with Crippen LogP contribution in [0.5, 0.6) is 0 Å². The van der Waals surface area contributed by atoms with E-state index in [2.05, 4.69) is 0 Å². The lowest BCUT2D eigenvalue weighted by molar-refractivity contribution is -0.384. The minimum Gasteiger partial charge on any atom is -0.454 e. The standard InChI is InChI=1S/C15H11NO5S/c17-13(14-2-1-9-22-14)10-21-15(18)8-5-11-3-6-12(7-4-11)16(19)20/h1-9H,10H2/b8-5+. The summed E-state index contributed by atoms with van der Waals surface area (Å²) < 4.78 is 4.83. The Morgan fingerprint density at radius 1 is 1.23 bits per heavy atom. The number of nitrogens with zero attached hydrogens (tertiary/aromatic N) is 1. The average Bonchev–Trinajstić information content (AvgIpc) is 3.05. The van der Waals surface area contributed by atoms with Crippen molar-refractivity contribution in [3.8, 4) is 0 Å². The Kier molecular flexibility index (Phi) is 5.16. The summed E-state index contributed by atoms with van der Waals surface area (Å²) in [5.41, 5.74) is 0.591. The molecule has 1 aromatic heterocycles. The van der Waals surface area contributed by atoms with Crippen molar-refractivity contribution in [3.63, 3.8) is 0 Å². The number of non-ortho nitro benzene ring substituents is 1. The van der Waals surface area contributed by atoms with Crippen LogP contribution in [0.3, 0.4) is 0 Å². The number of thiophene rings is 1. The lowest BCUT2D eigenvalue weighted by atomic mass is 10.2. The average molecular weight is 317 g/mol. The lowest BCUT2D eigenvalue weighted by Crippen LogP contribution is -2.11. The predicted molar refractivity (Wildman–Crippen MR) is 81.7 cm³/mol. The van der Waals surface area contributed by atoms with Crippen LogP contribution in [0.25, 0.3) is 6.08 Å². The Morgan fingerprint density at radius 3 is 2.55 bits per heavy atom. The van der Waals surface area contributed by atoms with E-state index in [1.807, 2.05) is 0 Å². The number of benzene rings is 1. The number of hydrogen-bond acceptors (Lipinski definition) is 6. The Labute approximate surface area is 129 Å². The summed E-state index contributed by atoms with van der Waals surface area (Å²) in [6, 6.07) is 9.11. The van der Waals surface area contributed by atoms with Gasteiger partial charge in [-0.15, -0.1) is 11.3 Å². The van der Waals surface area contributed by atoms with Gasteiger partial charge >= 0.3 is 5.97 Å². The number of esters is 1. The van der Waals surface area contributed by atoms with Crippen LogP contribution < -0.4 is 0 Å². The molecule has 2 aromatic rings. The SMILES string of the molecule is O=C(/C=C/c1ccc([N+](=O)[O-])cc1)OCC(=O)c1cccs1. The van der Waals surface area contributed by atoms with E-state index in [1.165, 1.54) is 47.8 Å². The molecule has 0 N–H and O–H groups in total. The van der Waals surface area contributed by atoms with Crippen LogP contribution in [0.1, 0.15) is 15.2 Å². The highest BCUT2D eigenvalue weighted by Gasteiger charge is 2.09. The molecule has 0 unspecified atom stereocenters. The van der Waals surface area contributed by atoms with Crippen molar-refractivity contribution in [2.75, 3.05) is 6.61 Å². The highest BCUT2D eigenvalue weighted by atomic mass is 32.1.